The van der Waals surface area contributed by atoms with Crippen molar-refractivity contribution in [2.45, 2.75) is 51.1 Å². The zero-order valence-corrected chi connectivity index (χ0v) is 16.8. The lowest BCUT2D eigenvalue weighted by atomic mass is 9.95. The van der Waals surface area contributed by atoms with Crippen LogP contribution < -0.4 is 5.32 Å². The summed E-state index contributed by atoms with van der Waals surface area (Å²) in [6.45, 7) is 5.02. The second-order valence-corrected chi connectivity index (χ2v) is 8.17. The number of carbonyl (C=O) groups excluding carboxylic acids is 2. The van der Waals surface area contributed by atoms with Crippen molar-refractivity contribution in [2.75, 3.05) is 26.2 Å². The van der Waals surface area contributed by atoms with Crippen molar-refractivity contribution < 1.29 is 9.59 Å². The molecule has 2 bridgehead atoms. The number of rotatable bonds is 2. The Bertz CT molecular complexity index is 679. The van der Waals surface area contributed by atoms with Gasteiger partial charge in [-0.1, -0.05) is 17.7 Å². The fourth-order valence-electron chi connectivity index (χ4n) is 4.64. The summed E-state index contributed by atoms with van der Waals surface area (Å²) >= 11 is 0. The molecule has 3 unspecified atom stereocenters. The van der Waals surface area contributed by atoms with E-state index >= 15 is 0 Å². The number of aryl methyl sites for hydroxylation is 1. The molecular formula is C21H30ClN3O2. The van der Waals surface area contributed by atoms with E-state index in [1.54, 1.807) is 0 Å². The molecule has 3 fully saturated rings. The van der Waals surface area contributed by atoms with Crippen LogP contribution in [0.2, 0.25) is 0 Å². The zero-order valence-electron chi connectivity index (χ0n) is 16.0. The highest BCUT2D eigenvalue weighted by Crippen LogP contribution is 2.25. The van der Waals surface area contributed by atoms with Gasteiger partial charge in [0.1, 0.15) is 0 Å². The van der Waals surface area contributed by atoms with Crippen molar-refractivity contribution in [2.24, 2.45) is 5.92 Å². The number of carbonyl (C=O) groups is 2. The molecule has 0 aliphatic carbocycles. The topological polar surface area (TPSA) is 52.7 Å². The van der Waals surface area contributed by atoms with Gasteiger partial charge in [0.2, 0.25) is 5.91 Å². The number of nitrogens with one attached hydrogen (secondary N) is 1. The SMILES string of the molecule is Cc1ccc(C(=O)N2CCCC(C(=O)N3CCC4CCC(C3)N4)C2)cc1.Cl. The Labute approximate surface area is 167 Å². The quantitative estimate of drug-likeness (QED) is 0.843. The van der Waals surface area contributed by atoms with Crippen LogP contribution >= 0.6 is 12.4 Å². The molecule has 0 aromatic heterocycles. The fraction of sp³-hybridized carbons (Fsp3) is 0.619. The van der Waals surface area contributed by atoms with Crippen LogP contribution in [-0.2, 0) is 4.79 Å². The van der Waals surface area contributed by atoms with E-state index in [0.717, 1.165) is 50.0 Å². The van der Waals surface area contributed by atoms with E-state index in [-0.39, 0.29) is 30.1 Å². The van der Waals surface area contributed by atoms with E-state index < -0.39 is 0 Å². The predicted molar refractivity (Wildman–Crippen MR) is 108 cm³/mol. The second-order valence-electron chi connectivity index (χ2n) is 8.17. The van der Waals surface area contributed by atoms with E-state index in [1.807, 2.05) is 36.1 Å². The predicted octanol–water partition coefficient (Wildman–Crippen LogP) is 2.62. The monoisotopic (exact) mass is 391 g/mol. The molecule has 1 N–H and O–H groups in total. The third-order valence-corrected chi connectivity index (χ3v) is 6.19. The molecule has 27 heavy (non-hydrogen) atoms. The molecule has 0 saturated carbocycles. The standard InChI is InChI=1S/C21H29N3O2.ClH/c1-15-4-6-16(7-5-15)20(25)23-11-2-3-17(13-23)21(26)24-12-10-18-8-9-19(14-24)22-18;/h4-7,17-19,22H,2-3,8-14H2,1H3;1H. The average molecular weight is 392 g/mol. The van der Waals surface area contributed by atoms with Gasteiger partial charge in [0.25, 0.3) is 5.91 Å². The summed E-state index contributed by atoms with van der Waals surface area (Å²) in [7, 11) is 0. The summed E-state index contributed by atoms with van der Waals surface area (Å²) in [6.07, 6.45) is 5.29. The normalized spacial score (nSPS) is 27.7. The van der Waals surface area contributed by atoms with Crippen molar-refractivity contribution in [3.8, 4) is 0 Å². The van der Waals surface area contributed by atoms with Gasteiger partial charge < -0.3 is 15.1 Å². The first-order chi connectivity index (χ1) is 12.6. The Hall–Kier alpha value is -1.59. The molecule has 1 aromatic carbocycles. The Morgan fingerprint density at radius 2 is 1.67 bits per heavy atom. The molecule has 3 aliphatic heterocycles. The number of hydrogen-bond acceptors (Lipinski definition) is 3. The van der Waals surface area contributed by atoms with Crippen molar-refractivity contribution in [1.29, 1.82) is 0 Å². The van der Waals surface area contributed by atoms with Crippen LogP contribution in [0, 0.1) is 12.8 Å². The minimum absolute atomic E-state index is 0. The summed E-state index contributed by atoms with van der Waals surface area (Å²) in [6, 6.07) is 8.77. The Kier molecular flexibility index (Phi) is 6.43. The molecule has 1 aromatic rings. The van der Waals surface area contributed by atoms with Gasteiger partial charge >= 0.3 is 0 Å². The van der Waals surface area contributed by atoms with Gasteiger partial charge in [-0.3, -0.25) is 9.59 Å². The molecule has 3 heterocycles. The van der Waals surface area contributed by atoms with E-state index in [4.69, 9.17) is 0 Å². The van der Waals surface area contributed by atoms with Gasteiger partial charge in [0.15, 0.2) is 0 Å². The lowest BCUT2D eigenvalue weighted by molar-refractivity contribution is -0.137. The fourth-order valence-corrected chi connectivity index (χ4v) is 4.64. The van der Waals surface area contributed by atoms with Gasteiger partial charge in [0.05, 0.1) is 5.92 Å². The van der Waals surface area contributed by atoms with Gasteiger partial charge in [-0.05, 0) is 51.2 Å². The number of amides is 2. The minimum Gasteiger partial charge on any atom is -0.341 e. The molecular weight excluding hydrogens is 362 g/mol. The van der Waals surface area contributed by atoms with E-state index in [2.05, 4.69) is 10.2 Å². The van der Waals surface area contributed by atoms with Crippen LogP contribution in [0.3, 0.4) is 0 Å². The summed E-state index contributed by atoms with van der Waals surface area (Å²) in [5.74, 6) is 0.259. The molecule has 0 radical (unpaired) electrons. The lowest BCUT2D eigenvalue weighted by Crippen LogP contribution is -2.48. The Morgan fingerprint density at radius 1 is 0.926 bits per heavy atom. The first kappa shape index (κ1) is 20.2. The minimum atomic E-state index is -0.0465. The lowest BCUT2D eigenvalue weighted by Gasteiger charge is -2.35. The van der Waals surface area contributed by atoms with Gasteiger partial charge in [0, 0.05) is 43.8 Å². The molecule has 2 amide bonds. The number of hydrogen-bond donors (Lipinski definition) is 1. The molecule has 6 heteroatoms. The molecule has 0 spiro atoms. The number of halogens is 1. The maximum Gasteiger partial charge on any atom is 0.253 e. The number of benzene rings is 1. The second kappa shape index (κ2) is 8.61. The van der Waals surface area contributed by atoms with E-state index in [9.17, 15) is 9.59 Å². The molecule has 5 nitrogen and oxygen atoms in total. The van der Waals surface area contributed by atoms with Crippen LogP contribution in [0.4, 0.5) is 0 Å². The molecule has 3 aliphatic rings. The van der Waals surface area contributed by atoms with Crippen LogP contribution in [0.5, 0.6) is 0 Å². The van der Waals surface area contributed by atoms with Crippen LogP contribution in [0.25, 0.3) is 0 Å². The largest absolute Gasteiger partial charge is 0.341 e. The van der Waals surface area contributed by atoms with Crippen LogP contribution in [0.15, 0.2) is 24.3 Å². The number of likely N-dealkylation sites (tertiary alicyclic amines) is 2. The highest BCUT2D eigenvalue weighted by atomic mass is 35.5. The number of fused-ring (bicyclic) bond motifs is 2. The zero-order chi connectivity index (χ0) is 18.1. The van der Waals surface area contributed by atoms with Gasteiger partial charge in [-0.2, -0.15) is 0 Å². The van der Waals surface area contributed by atoms with Gasteiger partial charge in [-0.25, -0.2) is 0 Å². The summed E-state index contributed by atoms with van der Waals surface area (Å²) in [5.41, 5.74) is 1.87. The first-order valence-electron chi connectivity index (χ1n) is 10.0. The maximum absolute atomic E-state index is 13.1. The molecule has 3 saturated heterocycles. The van der Waals surface area contributed by atoms with Crippen molar-refractivity contribution >= 4 is 24.2 Å². The summed E-state index contributed by atoms with van der Waals surface area (Å²) < 4.78 is 0. The van der Waals surface area contributed by atoms with Crippen molar-refractivity contribution in [1.82, 2.24) is 15.1 Å². The van der Waals surface area contributed by atoms with Crippen molar-refractivity contribution in [3.05, 3.63) is 35.4 Å². The number of nitrogens with zero attached hydrogens (tertiary/aromatic N) is 2. The smallest absolute Gasteiger partial charge is 0.253 e. The summed E-state index contributed by atoms with van der Waals surface area (Å²) in [5, 5.41) is 3.64. The highest BCUT2D eigenvalue weighted by molar-refractivity contribution is 5.94. The Balaban J connectivity index is 0.00000210. The van der Waals surface area contributed by atoms with Crippen LogP contribution in [-0.4, -0.2) is 59.9 Å². The van der Waals surface area contributed by atoms with Crippen LogP contribution in [0.1, 0.15) is 48.0 Å². The van der Waals surface area contributed by atoms with Crippen molar-refractivity contribution in [3.63, 3.8) is 0 Å². The average Bonchev–Trinajstić information content (AvgIpc) is 3.00. The van der Waals surface area contributed by atoms with E-state index in [0.29, 0.717) is 18.6 Å². The third-order valence-electron chi connectivity index (χ3n) is 6.19. The Morgan fingerprint density at radius 3 is 2.44 bits per heavy atom. The summed E-state index contributed by atoms with van der Waals surface area (Å²) in [4.78, 5) is 29.8. The third kappa shape index (κ3) is 4.46. The molecule has 3 atom stereocenters. The van der Waals surface area contributed by atoms with E-state index in [1.165, 1.54) is 12.8 Å². The number of piperidine rings is 1. The highest BCUT2D eigenvalue weighted by Gasteiger charge is 2.35. The first-order valence-corrected chi connectivity index (χ1v) is 10.0. The molecule has 148 valence electrons. The maximum atomic E-state index is 13.1. The molecule has 4 rings (SSSR count). The van der Waals surface area contributed by atoms with Gasteiger partial charge in [-0.15, -0.1) is 12.4 Å².